The molecule has 2 aromatic heterocycles. The van der Waals surface area contributed by atoms with Crippen LogP contribution >= 0.6 is 11.6 Å². The van der Waals surface area contributed by atoms with Gasteiger partial charge in [-0.05, 0) is 55.3 Å². The van der Waals surface area contributed by atoms with E-state index in [2.05, 4.69) is 10.3 Å². The zero-order valence-electron chi connectivity index (χ0n) is 19.6. The fourth-order valence-electron chi connectivity index (χ4n) is 4.37. The van der Waals surface area contributed by atoms with Crippen molar-refractivity contribution < 1.29 is 13.9 Å². The second-order valence-corrected chi connectivity index (χ2v) is 8.75. The van der Waals surface area contributed by atoms with Crippen LogP contribution in [0.25, 0.3) is 38.6 Å². The minimum Gasteiger partial charge on any atom is -0.496 e. The van der Waals surface area contributed by atoms with Crippen LogP contribution in [0.3, 0.4) is 0 Å². The van der Waals surface area contributed by atoms with Crippen molar-refractivity contribution in [3.05, 3.63) is 95.3 Å². The zero-order valence-corrected chi connectivity index (χ0v) is 20.3. The fraction of sp³-hybridized carbons (Fsp3) is 0.103. The molecule has 1 amide bonds. The summed E-state index contributed by atoms with van der Waals surface area (Å²) in [5, 5.41) is 5.53. The van der Waals surface area contributed by atoms with Gasteiger partial charge in [-0.1, -0.05) is 41.9 Å². The largest absolute Gasteiger partial charge is 0.496 e. The molecule has 0 saturated heterocycles. The summed E-state index contributed by atoms with van der Waals surface area (Å²) in [6.07, 6.45) is 5.03. The smallest absolute Gasteiger partial charge is 0.248 e. The van der Waals surface area contributed by atoms with Crippen LogP contribution in [0.15, 0.2) is 83.6 Å². The molecule has 5 aromatic rings. The third kappa shape index (κ3) is 4.27. The summed E-state index contributed by atoms with van der Waals surface area (Å²) in [5.74, 6) is 0.424. The molecule has 0 bridgehead atoms. The predicted molar refractivity (Wildman–Crippen MR) is 142 cm³/mol. The van der Waals surface area contributed by atoms with E-state index in [1.54, 1.807) is 25.6 Å². The van der Waals surface area contributed by atoms with Crippen LogP contribution in [0.2, 0.25) is 5.02 Å². The van der Waals surface area contributed by atoms with E-state index in [1.807, 2.05) is 74.5 Å². The van der Waals surface area contributed by atoms with Crippen LogP contribution in [0.4, 0.5) is 5.69 Å². The summed E-state index contributed by atoms with van der Waals surface area (Å²) in [4.78, 5) is 17.4. The number of hydrogen-bond acceptors (Lipinski definition) is 4. The van der Waals surface area contributed by atoms with E-state index in [4.69, 9.17) is 20.8 Å². The van der Waals surface area contributed by atoms with Crippen LogP contribution in [0.1, 0.15) is 18.1 Å². The summed E-state index contributed by atoms with van der Waals surface area (Å²) < 4.78 is 11.7. The highest BCUT2D eigenvalue weighted by atomic mass is 35.5. The number of methoxy groups -OCH3 is 1. The summed E-state index contributed by atoms with van der Waals surface area (Å²) in [7, 11) is 1.62. The molecular weight excluding hydrogens is 460 g/mol. The molecule has 0 atom stereocenters. The molecule has 0 spiro atoms. The summed E-state index contributed by atoms with van der Waals surface area (Å²) in [5.41, 5.74) is 6.54. The summed E-state index contributed by atoms with van der Waals surface area (Å²) in [6, 6.07) is 19.2. The van der Waals surface area contributed by atoms with Gasteiger partial charge in [0, 0.05) is 44.8 Å². The number of allylic oxidation sites excluding steroid dienone is 1. The number of para-hydroxylation sites is 1. The van der Waals surface area contributed by atoms with Crippen molar-refractivity contribution in [2.45, 2.75) is 13.8 Å². The van der Waals surface area contributed by atoms with E-state index in [9.17, 15) is 4.79 Å². The molecule has 0 aliphatic rings. The van der Waals surface area contributed by atoms with E-state index < -0.39 is 0 Å². The van der Waals surface area contributed by atoms with Crippen molar-refractivity contribution in [3.8, 4) is 16.9 Å². The second-order valence-electron chi connectivity index (χ2n) is 8.31. The number of amides is 1. The molecule has 5 nitrogen and oxygen atoms in total. The van der Waals surface area contributed by atoms with Crippen LogP contribution in [0, 0.1) is 6.92 Å². The first-order valence-electron chi connectivity index (χ1n) is 11.1. The molecule has 0 fully saturated rings. The first kappa shape index (κ1) is 22.7. The van der Waals surface area contributed by atoms with E-state index in [1.165, 1.54) is 0 Å². The maximum atomic E-state index is 13.0. The lowest BCUT2D eigenvalue weighted by atomic mass is 9.96. The lowest BCUT2D eigenvalue weighted by molar-refractivity contribution is -0.111. The van der Waals surface area contributed by atoms with E-state index in [-0.39, 0.29) is 5.91 Å². The van der Waals surface area contributed by atoms with Crippen molar-refractivity contribution in [3.63, 3.8) is 0 Å². The molecule has 174 valence electrons. The number of furan rings is 1. The van der Waals surface area contributed by atoms with Gasteiger partial charge in [-0.2, -0.15) is 0 Å². The number of ether oxygens (including phenoxy) is 1. The highest BCUT2D eigenvalue weighted by Crippen LogP contribution is 2.40. The second kappa shape index (κ2) is 9.28. The Morgan fingerprint density at radius 2 is 1.89 bits per heavy atom. The quantitative estimate of drug-likeness (QED) is 0.261. The Hall–Kier alpha value is -4.09. The van der Waals surface area contributed by atoms with Crippen molar-refractivity contribution in [2.75, 3.05) is 12.4 Å². The number of nitrogens with zero attached hydrogens (tertiary/aromatic N) is 1. The molecule has 0 aliphatic heterocycles. The van der Waals surface area contributed by atoms with Gasteiger partial charge in [-0.25, -0.2) is 0 Å². The Bertz CT molecular complexity index is 1600. The molecule has 0 saturated carbocycles. The highest BCUT2D eigenvalue weighted by Gasteiger charge is 2.19. The summed E-state index contributed by atoms with van der Waals surface area (Å²) >= 11 is 6.07. The third-order valence-corrected chi connectivity index (χ3v) is 6.32. The topological polar surface area (TPSA) is 64.4 Å². The molecule has 0 unspecified atom stereocenters. The number of aryl methyl sites for hydroxylation is 1. The van der Waals surface area contributed by atoms with Gasteiger partial charge in [0.25, 0.3) is 0 Å². The number of carbonyl (C=O) groups excluding carboxylic acids is 1. The molecular formula is C29H23ClN2O3. The normalized spacial score (nSPS) is 11.7. The van der Waals surface area contributed by atoms with Crippen LogP contribution < -0.4 is 10.1 Å². The molecule has 35 heavy (non-hydrogen) atoms. The number of nitrogens with one attached hydrogen (secondary N) is 1. The van der Waals surface area contributed by atoms with Gasteiger partial charge in [0.15, 0.2) is 0 Å². The van der Waals surface area contributed by atoms with Gasteiger partial charge in [-0.15, -0.1) is 0 Å². The third-order valence-electron chi connectivity index (χ3n) is 6.07. The van der Waals surface area contributed by atoms with E-state index in [0.29, 0.717) is 16.5 Å². The molecule has 5 rings (SSSR count). The Morgan fingerprint density at radius 3 is 2.66 bits per heavy atom. The number of rotatable bonds is 5. The number of aromatic nitrogens is 1. The minimum absolute atomic E-state index is 0.245. The van der Waals surface area contributed by atoms with Crippen molar-refractivity contribution >= 4 is 50.6 Å². The number of benzene rings is 3. The first-order valence-corrected chi connectivity index (χ1v) is 11.5. The van der Waals surface area contributed by atoms with Gasteiger partial charge in [0.05, 0.1) is 24.6 Å². The Balaban J connectivity index is 1.55. The molecule has 6 heteroatoms. The maximum Gasteiger partial charge on any atom is 0.248 e. The molecule has 3 aromatic carbocycles. The lowest BCUT2D eigenvalue weighted by Crippen LogP contribution is -2.09. The van der Waals surface area contributed by atoms with Gasteiger partial charge in [0.1, 0.15) is 11.3 Å². The Morgan fingerprint density at radius 1 is 1.11 bits per heavy atom. The van der Waals surface area contributed by atoms with E-state index >= 15 is 0 Å². The number of pyridine rings is 1. The monoisotopic (exact) mass is 482 g/mol. The molecule has 1 N–H and O–H groups in total. The van der Waals surface area contributed by atoms with Gasteiger partial charge in [-0.3, -0.25) is 9.78 Å². The highest BCUT2D eigenvalue weighted by molar-refractivity contribution is 6.30. The Kier molecular flexibility index (Phi) is 6.01. The van der Waals surface area contributed by atoms with Crippen molar-refractivity contribution in [1.82, 2.24) is 4.98 Å². The van der Waals surface area contributed by atoms with Crippen LogP contribution in [-0.2, 0) is 4.79 Å². The number of hydrogen-bond donors (Lipinski definition) is 1. The average Bonchev–Trinajstić information content (AvgIpc) is 3.29. The summed E-state index contributed by atoms with van der Waals surface area (Å²) in [6.45, 7) is 3.85. The van der Waals surface area contributed by atoms with E-state index in [0.717, 1.165) is 49.7 Å². The maximum absolute atomic E-state index is 13.0. The minimum atomic E-state index is -0.245. The Labute approximate surface area is 208 Å². The zero-order chi connectivity index (χ0) is 24.5. The van der Waals surface area contributed by atoms with Crippen molar-refractivity contribution in [2.24, 2.45) is 0 Å². The molecule has 0 radical (unpaired) electrons. The molecule has 2 heterocycles. The van der Waals surface area contributed by atoms with Gasteiger partial charge in [0.2, 0.25) is 5.91 Å². The number of halogens is 1. The lowest BCUT2D eigenvalue weighted by Gasteiger charge is -2.13. The first-order chi connectivity index (χ1) is 17.0. The SMILES string of the molecule is COc1c(/C(C)=C/C(=O)Nc2cccc3cccnc23)cc2c(-c3ccc(Cl)cc3)coc2c1C. The number of fused-ring (bicyclic) bond motifs is 2. The van der Waals surface area contributed by atoms with Crippen LogP contribution in [0.5, 0.6) is 5.75 Å². The van der Waals surface area contributed by atoms with Gasteiger partial charge >= 0.3 is 0 Å². The van der Waals surface area contributed by atoms with Gasteiger partial charge < -0.3 is 14.5 Å². The number of anilines is 1. The fourth-order valence-corrected chi connectivity index (χ4v) is 4.50. The van der Waals surface area contributed by atoms with Crippen LogP contribution in [-0.4, -0.2) is 18.0 Å². The van der Waals surface area contributed by atoms with Crippen molar-refractivity contribution in [1.29, 1.82) is 0 Å². The average molecular weight is 483 g/mol. The number of carbonyl (C=O) groups is 1. The standard InChI is InChI=1S/C29H23ClN2O3/c1-17(14-26(33)32-25-8-4-6-20-7-5-13-31-27(20)25)22-15-23-24(19-9-11-21(30)12-10-19)16-35-29(23)18(2)28(22)34-3/h4-16H,1-3H3,(H,32,33)/b17-14+. The molecule has 0 aliphatic carbocycles. The predicted octanol–water partition coefficient (Wildman–Crippen LogP) is 7.66.